The summed E-state index contributed by atoms with van der Waals surface area (Å²) in [5, 5.41) is 3.26. The molecule has 0 saturated carbocycles. The van der Waals surface area contributed by atoms with Crippen LogP contribution in [0.3, 0.4) is 0 Å². The van der Waals surface area contributed by atoms with Gasteiger partial charge in [-0.2, -0.15) is 0 Å². The van der Waals surface area contributed by atoms with Gasteiger partial charge in [0.15, 0.2) is 0 Å². The Morgan fingerprint density at radius 3 is 2.50 bits per heavy atom. The predicted octanol–water partition coefficient (Wildman–Crippen LogP) is 1.12. The Hall–Kier alpha value is -1.00. The SMILES string of the molecule is COCc1cnc(CNC(C)C)nc1. The lowest BCUT2D eigenvalue weighted by Crippen LogP contribution is -2.23. The molecule has 1 aromatic rings. The molecule has 78 valence electrons. The maximum atomic E-state index is 4.97. The quantitative estimate of drug-likeness (QED) is 0.765. The first-order valence-electron chi connectivity index (χ1n) is 4.74. The van der Waals surface area contributed by atoms with Crippen LogP contribution in [0.5, 0.6) is 0 Å². The molecular weight excluding hydrogens is 178 g/mol. The Kier molecular flexibility index (Phi) is 4.49. The van der Waals surface area contributed by atoms with Gasteiger partial charge in [-0.15, -0.1) is 0 Å². The number of hydrogen-bond acceptors (Lipinski definition) is 4. The lowest BCUT2D eigenvalue weighted by atomic mass is 10.3. The van der Waals surface area contributed by atoms with Gasteiger partial charge in [0.2, 0.25) is 0 Å². The molecular formula is C10H17N3O. The lowest BCUT2D eigenvalue weighted by molar-refractivity contribution is 0.184. The Morgan fingerprint density at radius 2 is 2.00 bits per heavy atom. The number of nitrogens with zero attached hydrogens (tertiary/aromatic N) is 2. The van der Waals surface area contributed by atoms with Crippen molar-refractivity contribution in [1.82, 2.24) is 15.3 Å². The maximum absolute atomic E-state index is 4.97. The van der Waals surface area contributed by atoms with Gasteiger partial charge in [-0.1, -0.05) is 13.8 Å². The van der Waals surface area contributed by atoms with Gasteiger partial charge in [-0.25, -0.2) is 9.97 Å². The van der Waals surface area contributed by atoms with E-state index in [2.05, 4.69) is 29.1 Å². The zero-order valence-electron chi connectivity index (χ0n) is 8.95. The van der Waals surface area contributed by atoms with Crippen molar-refractivity contribution in [3.8, 4) is 0 Å². The molecule has 0 radical (unpaired) electrons. The minimum Gasteiger partial charge on any atom is -0.380 e. The van der Waals surface area contributed by atoms with E-state index in [0.717, 1.165) is 11.4 Å². The molecule has 0 spiro atoms. The van der Waals surface area contributed by atoms with Crippen molar-refractivity contribution in [3.63, 3.8) is 0 Å². The summed E-state index contributed by atoms with van der Waals surface area (Å²) >= 11 is 0. The molecule has 0 fully saturated rings. The monoisotopic (exact) mass is 195 g/mol. The molecule has 0 bridgehead atoms. The summed E-state index contributed by atoms with van der Waals surface area (Å²) in [6.07, 6.45) is 3.60. The van der Waals surface area contributed by atoms with Gasteiger partial charge >= 0.3 is 0 Å². The molecule has 0 saturated heterocycles. The number of rotatable bonds is 5. The first kappa shape index (κ1) is 11.1. The highest BCUT2D eigenvalue weighted by Gasteiger charge is 1.98. The molecule has 1 aromatic heterocycles. The van der Waals surface area contributed by atoms with Crippen molar-refractivity contribution in [1.29, 1.82) is 0 Å². The largest absolute Gasteiger partial charge is 0.380 e. The number of aromatic nitrogens is 2. The van der Waals surface area contributed by atoms with Crippen molar-refractivity contribution in [2.24, 2.45) is 0 Å². The van der Waals surface area contributed by atoms with Crippen LogP contribution in [0.1, 0.15) is 25.2 Å². The van der Waals surface area contributed by atoms with E-state index in [1.165, 1.54) is 0 Å². The van der Waals surface area contributed by atoms with Gasteiger partial charge in [-0.3, -0.25) is 0 Å². The van der Waals surface area contributed by atoms with Crippen LogP contribution in [0.15, 0.2) is 12.4 Å². The van der Waals surface area contributed by atoms with E-state index in [1.54, 1.807) is 19.5 Å². The first-order chi connectivity index (χ1) is 6.72. The second-order valence-corrected chi connectivity index (χ2v) is 3.48. The van der Waals surface area contributed by atoms with Gasteiger partial charge in [0, 0.05) is 31.1 Å². The molecule has 0 atom stereocenters. The Balaban J connectivity index is 2.46. The minimum absolute atomic E-state index is 0.456. The van der Waals surface area contributed by atoms with Crippen LogP contribution in [-0.4, -0.2) is 23.1 Å². The third-order valence-corrected chi connectivity index (χ3v) is 1.74. The average Bonchev–Trinajstić information content (AvgIpc) is 2.17. The van der Waals surface area contributed by atoms with Crippen LogP contribution < -0.4 is 5.32 Å². The fourth-order valence-electron chi connectivity index (χ4n) is 1.01. The predicted molar refractivity (Wildman–Crippen MR) is 54.7 cm³/mol. The van der Waals surface area contributed by atoms with E-state index < -0.39 is 0 Å². The number of nitrogens with one attached hydrogen (secondary N) is 1. The number of ether oxygens (including phenoxy) is 1. The number of hydrogen-bond donors (Lipinski definition) is 1. The summed E-state index contributed by atoms with van der Waals surface area (Å²) in [4.78, 5) is 8.43. The highest BCUT2D eigenvalue weighted by molar-refractivity contribution is 5.03. The summed E-state index contributed by atoms with van der Waals surface area (Å²) in [6.45, 7) is 5.47. The molecule has 0 amide bonds. The summed E-state index contributed by atoms with van der Waals surface area (Å²) in [5.41, 5.74) is 1.00. The standard InChI is InChI=1S/C10H17N3O/c1-8(2)11-6-10-12-4-9(5-13-10)7-14-3/h4-5,8,11H,6-7H2,1-3H3. The Labute approximate surface area is 84.7 Å². The molecule has 0 aliphatic heterocycles. The van der Waals surface area contributed by atoms with Crippen molar-refractivity contribution in [2.75, 3.05) is 7.11 Å². The molecule has 0 aromatic carbocycles. The minimum atomic E-state index is 0.456. The van der Waals surface area contributed by atoms with E-state index in [1.807, 2.05) is 0 Å². The van der Waals surface area contributed by atoms with Crippen molar-refractivity contribution in [3.05, 3.63) is 23.8 Å². The fraction of sp³-hybridized carbons (Fsp3) is 0.600. The molecule has 0 aliphatic rings. The highest BCUT2D eigenvalue weighted by Crippen LogP contribution is 1.97. The van der Waals surface area contributed by atoms with Crippen molar-refractivity contribution < 1.29 is 4.74 Å². The Bertz CT molecular complexity index is 259. The van der Waals surface area contributed by atoms with Crippen LogP contribution in [0.25, 0.3) is 0 Å². The summed E-state index contributed by atoms with van der Waals surface area (Å²) < 4.78 is 4.97. The van der Waals surface area contributed by atoms with Gasteiger partial charge < -0.3 is 10.1 Å². The number of methoxy groups -OCH3 is 1. The lowest BCUT2D eigenvalue weighted by Gasteiger charge is -2.06. The Morgan fingerprint density at radius 1 is 1.36 bits per heavy atom. The van der Waals surface area contributed by atoms with Crippen molar-refractivity contribution in [2.45, 2.75) is 33.0 Å². The second kappa shape index (κ2) is 5.67. The molecule has 14 heavy (non-hydrogen) atoms. The van der Waals surface area contributed by atoms with Crippen LogP contribution in [0.4, 0.5) is 0 Å². The van der Waals surface area contributed by atoms with Crippen LogP contribution >= 0.6 is 0 Å². The molecule has 0 aliphatic carbocycles. The second-order valence-electron chi connectivity index (χ2n) is 3.48. The molecule has 0 unspecified atom stereocenters. The van der Waals surface area contributed by atoms with E-state index in [-0.39, 0.29) is 0 Å². The normalized spacial score (nSPS) is 10.9. The fourth-order valence-corrected chi connectivity index (χ4v) is 1.01. The zero-order valence-corrected chi connectivity index (χ0v) is 8.95. The summed E-state index contributed by atoms with van der Waals surface area (Å²) in [6, 6.07) is 0.456. The van der Waals surface area contributed by atoms with Gasteiger partial charge in [0.05, 0.1) is 13.2 Å². The smallest absolute Gasteiger partial charge is 0.141 e. The third-order valence-electron chi connectivity index (χ3n) is 1.74. The van der Waals surface area contributed by atoms with E-state index in [0.29, 0.717) is 19.2 Å². The van der Waals surface area contributed by atoms with Gasteiger partial charge in [0.1, 0.15) is 5.82 Å². The molecule has 4 nitrogen and oxygen atoms in total. The van der Waals surface area contributed by atoms with E-state index in [4.69, 9.17) is 4.74 Å². The summed E-state index contributed by atoms with van der Waals surface area (Å²) in [5.74, 6) is 0.818. The topological polar surface area (TPSA) is 47.0 Å². The molecule has 4 heteroatoms. The van der Waals surface area contributed by atoms with E-state index >= 15 is 0 Å². The molecule has 1 rings (SSSR count). The zero-order chi connectivity index (χ0) is 10.4. The van der Waals surface area contributed by atoms with Gasteiger partial charge in [0.25, 0.3) is 0 Å². The average molecular weight is 195 g/mol. The first-order valence-corrected chi connectivity index (χ1v) is 4.74. The van der Waals surface area contributed by atoms with E-state index in [9.17, 15) is 0 Å². The molecule has 1 N–H and O–H groups in total. The van der Waals surface area contributed by atoms with Crippen LogP contribution in [0.2, 0.25) is 0 Å². The molecule has 1 heterocycles. The van der Waals surface area contributed by atoms with Crippen molar-refractivity contribution >= 4 is 0 Å². The van der Waals surface area contributed by atoms with Crippen LogP contribution in [0, 0.1) is 0 Å². The summed E-state index contributed by atoms with van der Waals surface area (Å²) in [7, 11) is 1.66. The third kappa shape index (κ3) is 3.81. The van der Waals surface area contributed by atoms with Gasteiger partial charge in [-0.05, 0) is 0 Å². The highest BCUT2D eigenvalue weighted by atomic mass is 16.5. The van der Waals surface area contributed by atoms with Crippen LogP contribution in [-0.2, 0) is 17.9 Å². The maximum Gasteiger partial charge on any atom is 0.141 e.